The molecule has 0 bridgehead atoms. The van der Waals surface area contributed by atoms with Crippen molar-refractivity contribution >= 4 is 38.5 Å². The average Bonchev–Trinajstić information content (AvgIpc) is 2.07. The summed E-state index contributed by atoms with van der Waals surface area (Å²) in [6.45, 7) is 0. The van der Waals surface area contributed by atoms with Crippen LogP contribution in [-0.2, 0) is 0 Å². The largest absolute Gasteiger partial charge is 0.407 e. The van der Waals surface area contributed by atoms with E-state index in [1.807, 2.05) is 22.6 Å². The van der Waals surface area contributed by atoms with Gasteiger partial charge in [-0.05, 0) is 50.2 Å². The summed E-state index contributed by atoms with van der Waals surface area (Å²) in [5, 5.41) is 0. The van der Waals surface area contributed by atoms with E-state index < -0.39 is 12.2 Å². The minimum atomic E-state index is -4.41. The molecule has 14 heavy (non-hydrogen) atoms. The molecule has 0 aliphatic heterocycles. The lowest BCUT2D eigenvalue weighted by Gasteiger charge is -2.17. The van der Waals surface area contributed by atoms with Gasteiger partial charge in [0.2, 0.25) is 0 Å². The predicted molar refractivity (Wildman–Crippen MR) is 59.8 cm³/mol. The van der Waals surface area contributed by atoms with Crippen LogP contribution in [0.2, 0.25) is 0 Å². The number of alkyl halides is 3. The predicted octanol–water partition coefficient (Wildman–Crippen LogP) is 3.62. The summed E-state index contributed by atoms with van der Waals surface area (Å²) in [7, 11) is 0. The van der Waals surface area contributed by atoms with Crippen molar-refractivity contribution in [3.05, 3.63) is 31.8 Å². The van der Waals surface area contributed by atoms with Gasteiger partial charge >= 0.3 is 6.18 Å². The summed E-state index contributed by atoms with van der Waals surface area (Å²) in [5.41, 5.74) is 5.14. The first kappa shape index (κ1) is 12.3. The molecule has 6 heteroatoms. The number of rotatable bonds is 1. The third-order valence-electron chi connectivity index (χ3n) is 1.67. The zero-order valence-corrected chi connectivity index (χ0v) is 10.5. The zero-order valence-electron chi connectivity index (χ0n) is 6.78. The van der Waals surface area contributed by atoms with Gasteiger partial charge in [0.1, 0.15) is 6.04 Å². The normalized spacial score (nSPS) is 14.1. The van der Waals surface area contributed by atoms with Crippen LogP contribution < -0.4 is 5.73 Å². The minimum absolute atomic E-state index is 0.0596. The molecule has 0 saturated heterocycles. The monoisotopic (exact) mass is 379 g/mol. The van der Waals surface area contributed by atoms with Gasteiger partial charge in [-0.2, -0.15) is 13.2 Å². The first-order chi connectivity index (χ1) is 6.34. The van der Waals surface area contributed by atoms with E-state index in [4.69, 9.17) is 5.73 Å². The quantitative estimate of drug-likeness (QED) is 0.741. The second kappa shape index (κ2) is 4.36. The third kappa shape index (κ3) is 2.60. The molecule has 78 valence electrons. The lowest BCUT2D eigenvalue weighted by atomic mass is 10.1. The Hall–Kier alpha value is 0.180. The highest BCUT2D eigenvalue weighted by atomic mass is 127. The van der Waals surface area contributed by atoms with Crippen molar-refractivity contribution in [3.8, 4) is 0 Å². The van der Waals surface area contributed by atoms with Crippen molar-refractivity contribution in [1.82, 2.24) is 0 Å². The van der Waals surface area contributed by atoms with Crippen LogP contribution in [-0.4, -0.2) is 6.18 Å². The Kier molecular flexibility index (Phi) is 3.81. The van der Waals surface area contributed by atoms with E-state index in [2.05, 4.69) is 15.9 Å². The fourth-order valence-corrected chi connectivity index (χ4v) is 1.97. The highest BCUT2D eigenvalue weighted by molar-refractivity contribution is 14.1. The maximum Gasteiger partial charge on any atom is 0.407 e. The smallest absolute Gasteiger partial charge is 0.316 e. The molecule has 1 aromatic carbocycles. The molecule has 0 unspecified atom stereocenters. The molecule has 1 nitrogen and oxygen atoms in total. The molecule has 1 aromatic rings. The molecular weight excluding hydrogens is 374 g/mol. The second-order valence-corrected chi connectivity index (χ2v) is 4.62. The first-order valence-corrected chi connectivity index (χ1v) is 5.47. The molecule has 0 saturated carbocycles. The number of benzene rings is 1. The Labute approximate surface area is 101 Å². The van der Waals surface area contributed by atoms with E-state index in [-0.39, 0.29) is 5.56 Å². The lowest BCUT2D eigenvalue weighted by molar-refractivity contribution is -0.149. The van der Waals surface area contributed by atoms with E-state index in [1.54, 1.807) is 12.1 Å². The highest BCUT2D eigenvalue weighted by Crippen LogP contribution is 2.35. The van der Waals surface area contributed by atoms with Gasteiger partial charge in [0.05, 0.1) is 0 Å². The Bertz CT molecular complexity index is 340. The summed E-state index contributed by atoms with van der Waals surface area (Å²) in [6, 6.07) is 2.68. The molecule has 0 aliphatic carbocycles. The van der Waals surface area contributed by atoms with Gasteiger partial charge in [0.15, 0.2) is 0 Å². The van der Waals surface area contributed by atoms with Crippen molar-refractivity contribution in [2.45, 2.75) is 12.2 Å². The summed E-state index contributed by atoms with van der Waals surface area (Å²) in [4.78, 5) is 0. The van der Waals surface area contributed by atoms with Gasteiger partial charge in [-0.15, -0.1) is 0 Å². The maximum atomic E-state index is 12.3. The van der Waals surface area contributed by atoms with Crippen LogP contribution in [0.4, 0.5) is 13.2 Å². The Morgan fingerprint density at radius 2 is 1.93 bits per heavy atom. The molecular formula is C8H6BrF3IN. The van der Waals surface area contributed by atoms with E-state index in [9.17, 15) is 13.2 Å². The fourth-order valence-electron chi connectivity index (χ4n) is 0.937. The summed E-state index contributed by atoms with van der Waals surface area (Å²) < 4.78 is 38.0. The Morgan fingerprint density at radius 1 is 1.36 bits per heavy atom. The van der Waals surface area contributed by atoms with E-state index in [1.165, 1.54) is 6.07 Å². The highest BCUT2D eigenvalue weighted by Gasteiger charge is 2.38. The molecule has 0 aromatic heterocycles. The number of hydrogen-bond donors (Lipinski definition) is 1. The molecule has 1 rings (SSSR count). The molecule has 1 atom stereocenters. The zero-order chi connectivity index (χ0) is 10.9. The van der Waals surface area contributed by atoms with Crippen molar-refractivity contribution in [2.75, 3.05) is 0 Å². The van der Waals surface area contributed by atoms with E-state index in [0.717, 1.165) is 0 Å². The molecule has 0 amide bonds. The molecule has 0 aliphatic rings. The van der Waals surface area contributed by atoms with Crippen LogP contribution in [0.5, 0.6) is 0 Å². The molecule has 0 fully saturated rings. The van der Waals surface area contributed by atoms with Crippen LogP contribution >= 0.6 is 38.5 Å². The maximum absolute atomic E-state index is 12.3. The summed E-state index contributed by atoms with van der Waals surface area (Å²) in [6.07, 6.45) is -4.41. The number of halogens is 5. The SMILES string of the molecule is N[C@H](c1cccc(I)c1Br)C(F)(F)F. The van der Waals surface area contributed by atoms with Crippen molar-refractivity contribution in [1.29, 1.82) is 0 Å². The van der Waals surface area contributed by atoms with Crippen molar-refractivity contribution in [3.63, 3.8) is 0 Å². The summed E-state index contributed by atoms with van der Waals surface area (Å²) >= 11 is 5.03. The summed E-state index contributed by atoms with van der Waals surface area (Å²) in [5.74, 6) is 0. The van der Waals surface area contributed by atoms with E-state index in [0.29, 0.717) is 8.04 Å². The Morgan fingerprint density at radius 3 is 2.43 bits per heavy atom. The minimum Gasteiger partial charge on any atom is -0.316 e. The molecule has 0 spiro atoms. The standard InChI is InChI=1S/C8H6BrF3IN/c9-6-4(2-1-3-5(6)13)7(14)8(10,11)12/h1-3,7H,14H2/t7-/m1/s1. The average molecular weight is 380 g/mol. The van der Waals surface area contributed by atoms with Crippen molar-refractivity contribution in [2.24, 2.45) is 5.73 Å². The first-order valence-electron chi connectivity index (χ1n) is 3.60. The Balaban J connectivity index is 3.14. The number of hydrogen-bond acceptors (Lipinski definition) is 1. The lowest BCUT2D eigenvalue weighted by Crippen LogP contribution is -2.28. The fraction of sp³-hybridized carbons (Fsp3) is 0.250. The number of nitrogens with two attached hydrogens (primary N) is 1. The van der Waals surface area contributed by atoms with Crippen LogP contribution in [0.25, 0.3) is 0 Å². The van der Waals surface area contributed by atoms with Crippen LogP contribution in [0.1, 0.15) is 11.6 Å². The van der Waals surface area contributed by atoms with Gasteiger partial charge in [-0.3, -0.25) is 0 Å². The van der Waals surface area contributed by atoms with Gasteiger partial charge in [-0.25, -0.2) is 0 Å². The molecule has 0 heterocycles. The van der Waals surface area contributed by atoms with Crippen LogP contribution in [0.15, 0.2) is 22.7 Å². The second-order valence-electron chi connectivity index (χ2n) is 2.66. The van der Waals surface area contributed by atoms with Gasteiger partial charge in [-0.1, -0.05) is 12.1 Å². The van der Waals surface area contributed by atoms with Crippen LogP contribution in [0, 0.1) is 3.57 Å². The van der Waals surface area contributed by atoms with Gasteiger partial charge in [0.25, 0.3) is 0 Å². The molecule has 2 N–H and O–H groups in total. The van der Waals surface area contributed by atoms with E-state index >= 15 is 0 Å². The topological polar surface area (TPSA) is 26.0 Å². The van der Waals surface area contributed by atoms with Gasteiger partial charge < -0.3 is 5.73 Å². The molecule has 0 radical (unpaired) electrons. The van der Waals surface area contributed by atoms with Gasteiger partial charge in [0, 0.05) is 8.04 Å². The van der Waals surface area contributed by atoms with Crippen LogP contribution in [0.3, 0.4) is 0 Å². The third-order valence-corrected chi connectivity index (χ3v) is 4.19. The van der Waals surface area contributed by atoms with Crippen molar-refractivity contribution < 1.29 is 13.2 Å².